The summed E-state index contributed by atoms with van der Waals surface area (Å²) in [7, 11) is 4.28. The van der Waals surface area contributed by atoms with Crippen LogP contribution in [0.1, 0.15) is 33.4 Å². The van der Waals surface area contributed by atoms with Crippen LogP contribution >= 0.6 is 0 Å². The maximum absolute atomic E-state index is 2.33. The summed E-state index contributed by atoms with van der Waals surface area (Å²) >= 11 is 0. The molecule has 3 rings (SSSR count). The Morgan fingerprint density at radius 2 is 1.00 bits per heavy atom. The molecule has 0 aliphatic rings. The Labute approximate surface area is 171 Å². The zero-order chi connectivity index (χ0) is 20.6. The lowest BCUT2D eigenvalue weighted by Crippen LogP contribution is -2.56. The summed E-state index contributed by atoms with van der Waals surface area (Å²) in [5.74, 6) is 0. The summed E-state index contributed by atoms with van der Waals surface area (Å²) in [6.07, 6.45) is 0. The predicted molar refractivity (Wildman–Crippen MR) is 127 cm³/mol. The molecule has 0 aromatic heterocycles. The highest BCUT2D eigenvalue weighted by molar-refractivity contribution is 6.97. The van der Waals surface area contributed by atoms with Gasteiger partial charge in [0, 0.05) is 19.8 Å². The zero-order valence-corrected chi connectivity index (χ0v) is 18.6. The number of hydrogen-bond acceptors (Lipinski definition) is 1. The molecule has 1 nitrogen and oxygen atoms in total. The van der Waals surface area contributed by atoms with Crippen molar-refractivity contribution in [3.8, 4) is 0 Å². The molecular weight excluding hydrogens is 337 g/mol. The standard InChI is InChI=1S/C26H32BN/c1-17-13-19(3)25(20(4)14-17)27(23-11-9-10-12-24(23)28(7)8)26-21(5)15-18(2)16-22(26)6/h9-16H,1-8H3. The normalized spacial score (nSPS) is 10.9. The van der Waals surface area contributed by atoms with Crippen LogP contribution in [0.4, 0.5) is 5.69 Å². The molecule has 0 unspecified atom stereocenters. The Morgan fingerprint density at radius 3 is 1.39 bits per heavy atom. The van der Waals surface area contributed by atoms with Crippen molar-refractivity contribution in [3.05, 3.63) is 81.9 Å². The molecule has 0 atom stereocenters. The van der Waals surface area contributed by atoms with Crippen LogP contribution in [0, 0.1) is 41.5 Å². The second-order valence-corrected chi connectivity index (χ2v) is 8.51. The highest BCUT2D eigenvalue weighted by Crippen LogP contribution is 2.16. The molecule has 144 valence electrons. The molecule has 28 heavy (non-hydrogen) atoms. The second kappa shape index (κ2) is 7.87. The quantitative estimate of drug-likeness (QED) is 0.626. The van der Waals surface area contributed by atoms with Crippen molar-refractivity contribution in [1.82, 2.24) is 0 Å². The number of nitrogens with zero attached hydrogens (tertiary/aromatic N) is 1. The van der Waals surface area contributed by atoms with Gasteiger partial charge in [0.15, 0.2) is 0 Å². The maximum Gasteiger partial charge on any atom is 0.245 e. The molecule has 0 amide bonds. The minimum absolute atomic E-state index is 0.222. The molecular formula is C26H32BN. The highest BCUT2D eigenvalue weighted by Gasteiger charge is 2.30. The number of anilines is 1. The van der Waals surface area contributed by atoms with Crippen molar-refractivity contribution < 1.29 is 0 Å². The number of rotatable bonds is 4. The first-order valence-electron chi connectivity index (χ1n) is 10.1. The van der Waals surface area contributed by atoms with Gasteiger partial charge in [-0.2, -0.15) is 0 Å². The fourth-order valence-electron chi connectivity index (χ4n) is 4.89. The molecule has 0 saturated heterocycles. The third kappa shape index (κ3) is 3.74. The molecule has 0 aliphatic heterocycles. The average Bonchev–Trinajstić information content (AvgIpc) is 2.58. The van der Waals surface area contributed by atoms with Gasteiger partial charge >= 0.3 is 0 Å². The molecule has 0 bridgehead atoms. The van der Waals surface area contributed by atoms with E-state index in [-0.39, 0.29) is 6.71 Å². The Kier molecular flexibility index (Phi) is 5.70. The molecule has 0 heterocycles. The Balaban J connectivity index is 2.41. The van der Waals surface area contributed by atoms with E-state index in [1.54, 1.807) is 0 Å². The van der Waals surface area contributed by atoms with E-state index in [0.717, 1.165) is 0 Å². The van der Waals surface area contributed by atoms with Gasteiger partial charge < -0.3 is 4.90 Å². The number of benzene rings is 3. The van der Waals surface area contributed by atoms with Crippen LogP contribution in [0.15, 0.2) is 48.5 Å². The van der Waals surface area contributed by atoms with E-state index in [1.807, 2.05) is 0 Å². The van der Waals surface area contributed by atoms with Crippen LogP contribution in [0.5, 0.6) is 0 Å². The fraction of sp³-hybridized carbons (Fsp3) is 0.308. The SMILES string of the molecule is Cc1cc(C)c(B(c2ccccc2N(C)C)c2c(C)cc(C)cc2C)c(C)c1. The largest absolute Gasteiger partial charge is 0.378 e. The van der Waals surface area contributed by atoms with Gasteiger partial charge in [0.2, 0.25) is 6.71 Å². The smallest absolute Gasteiger partial charge is 0.245 e. The number of hydrogen-bond donors (Lipinski definition) is 0. The molecule has 2 heteroatoms. The molecule has 0 fully saturated rings. The van der Waals surface area contributed by atoms with Crippen LogP contribution in [-0.2, 0) is 0 Å². The number of aryl methyl sites for hydroxylation is 6. The van der Waals surface area contributed by atoms with Gasteiger partial charge in [-0.15, -0.1) is 0 Å². The lowest BCUT2D eigenvalue weighted by molar-refractivity contribution is 1.14. The van der Waals surface area contributed by atoms with Crippen LogP contribution in [-0.4, -0.2) is 20.8 Å². The lowest BCUT2D eigenvalue weighted by atomic mass is 9.34. The summed E-state index contributed by atoms with van der Waals surface area (Å²) in [6.45, 7) is 13.7. The van der Waals surface area contributed by atoms with Crippen LogP contribution < -0.4 is 21.3 Å². The van der Waals surface area contributed by atoms with Crippen molar-refractivity contribution in [3.63, 3.8) is 0 Å². The molecule has 3 aromatic rings. The fourth-order valence-corrected chi connectivity index (χ4v) is 4.89. The third-order valence-corrected chi connectivity index (χ3v) is 5.78. The van der Waals surface area contributed by atoms with E-state index in [2.05, 4.69) is 109 Å². The molecule has 0 aliphatic carbocycles. The average molecular weight is 369 g/mol. The lowest BCUT2D eigenvalue weighted by Gasteiger charge is -2.28. The zero-order valence-electron chi connectivity index (χ0n) is 18.6. The summed E-state index contributed by atoms with van der Waals surface area (Å²) in [5, 5.41) is 0. The minimum atomic E-state index is 0.222. The van der Waals surface area contributed by atoms with Gasteiger partial charge in [-0.05, 0) is 53.1 Å². The molecule has 3 aromatic carbocycles. The van der Waals surface area contributed by atoms with Crippen LogP contribution in [0.2, 0.25) is 0 Å². The van der Waals surface area contributed by atoms with Gasteiger partial charge in [0.05, 0.1) is 0 Å². The first kappa shape index (κ1) is 20.3. The predicted octanol–water partition coefficient (Wildman–Crippen LogP) is 4.12. The topological polar surface area (TPSA) is 3.24 Å². The van der Waals surface area contributed by atoms with E-state index < -0.39 is 0 Å². The van der Waals surface area contributed by atoms with Gasteiger partial charge in [0.25, 0.3) is 0 Å². The highest BCUT2D eigenvalue weighted by atomic mass is 15.1. The monoisotopic (exact) mass is 369 g/mol. The van der Waals surface area contributed by atoms with Crippen molar-refractivity contribution in [2.45, 2.75) is 41.5 Å². The van der Waals surface area contributed by atoms with Gasteiger partial charge in [-0.3, -0.25) is 0 Å². The third-order valence-electron chi connectivity index (χ3n) is 5.78. The van der Waals surface area contributed by atoms with Crippen LogP contribution in [0.25, 0.3) is 0 Å². The van der Waals surface area contributed by atoms with Crippen molar-refractivity contribution in [1.29, 1.82) is 0 Å². The summed E-state index contributed by atoms with van der Waals surface area (Å²) < 4.78 is 0. The van der Waals surface area contributed by atoms with Gasteiger partial charge in [-0.1, -0.05) is 86.8 Å². The Bertz CT molecular complexity index is 913. The Morgan fingerprint density at radius 1 is 0.607 bits per heavy atom. The molecule has 0 N–H and O–H groups in total. The second-order valence-electron chi connectivity index (χ2n) is 8.51. The van der Waals surface area contributed by atoms with Crippen molar-refractivity contribution >= 4 is 28.8 Å². The van der Waals surface area contributed by atoms with Gasteiger partial charge in [0.1, 0.15) is 0 Å². The van der Waals surface area contributed by atoms with Crippen molar-refractivity contribution in [2.24, 2.45) is 0 Å². The maximum atomic E-state index is 2.33. The summed E-state index contributed by atoms with van der Waals surface area (Å²) in [4.78, 5) is 2.24. The minimum Gasteiger partial charge on any atom is -0.378 e. The molecule has 0 saturated carbocycles. The first-order valence-corrected chi connectivity index (χ1v) is 10.1. The van der Waals surface area contributed by atoms with E-state index in [0.29, 0.717) is 0 Å². The van der Waals surface area contributed by atoms with Crippen LogP contribution in [0.3, 0.4) is 0 Å². The van der Waals surface area contributed by atoms with Crippen molar-refractivity contribution in [2.75, 3.05) is 19.0 Å². The summed E-state index contributed by atoms with van der Waals surface area (Å²) in [5.41, 5.74) is 13.7. The van der Waals surface area contributed by atoms with E-state index in [1.165, 1.54) is 55.5 Å². The van der Waals surface area contributed by atoms with Gasteiger partial charge in [-0.25, -0.2) is 0 Å². The Hall–Kier alpha value is -2.48. The van der Waals surface area contributed by atoms with E-state index in [9.17, 15) is 0 Å². The van der Waals surface area contributed by atoms with E-state index in [4.69, 9.17) is 0 Å². The molecule has 0 spiro atoms. The van der Waals surface area contributed by atoms with E-state index >= 15 is 0 Å². The molecule has 0 radical (unpaired) electrons. The first-order chi connectivity index (χ1) is 13.2. The number of para-hydroxylation sites is 1. The summed E-state index contributed by atoms with van der Waals surface area (Å²) in [6, 6.07) is 18.2.